The molecule has 0 heterocycles. The van der Waals surface area contributed by atoms with Gasteiger partial charge in [-0.1, -0.05) is 59.8 Å². The molecule has 0 saturated carbocycles. The molecule has 2 rings (SSSR count). The van der Waals surface area contributed by atoms with Crippen molar-refractivity contribution >= 4 is 12.0 Å². The lowest BCUT2D eigenvalue weighted by molar-refractivity contribution is 0.106. The van der Waals surface area contributed by atoms with Gasteiger partial charge >= 0.3 is 0 Å². The molecule has 17 heavy (non-hydrogen) atoms. The Bertz CT molecular complexity index is 547. The SMILES string of the molecule is O=C(/C=N/O)c1ccccc1-c1ccccc1. The first-order valence-corrected chi connectivity index (χ1v) is 5.19. The van der Waals surface area contributed by atoms with Crippen molar-refractivity contribution in [1.82, 2.24) is 0 Å². The van der Waals surface area contributed by atoms with E-state index in [1.165, 1.54) is 0 Å². The molecule has 0 spiro atoms. The summed E-state index contributed by atoms with van der Waals surface area (Å²) in [5, 5.41) is 11.2. The number of ketones is 1. The third-order valence-corrected chi connectivity index (χ3v) is 2.45. The quantitative estimate of drug-likeness (QED) is 0.378. The summed E-state index contributed by atoms with van der Waals surface area (Å²) in [4.78, 5) is 11.7. The maximum atomic E-state index is 11.7. The molecule has 3 heteroatoms. The fourth-order valence-corrected chi connectivity index (χ4v) is 1.69. The van der Waals surface area contributed by atoms with E-state index in [-0.39, 0.29) is 5.78 Å². The van der Waals surface area contributed by atoms with Gasteiger partial charge in [-0.3, -0.25) is 4.79 Å². The Morgan fingerprint density at radius 3 is 2.35 bits per heavy atom. The first-order chi connectivity index (χ1) is 8.33. The number of benzene rings is 2. The summed E-state index contributed by atoms with van der Waals surface area (Å²) >= 11 is 0. The standard InChI is InChI=1S/C14H11NO2/c16-14(10-15-17)13-9-5-4-8-12(13)11-6-2-1-3-7-11/h1-10,17H/b15-10+. The number of hydrogen-bond acceptors (Lipinski definition) is 3. The van der Waals surface area contributed by atoms with Crippen LogP contribution in [0.2, 0.25) is 0 Å². The van der Waals surface area contributed by atoms with E-state index in [4.69, 9.17) is 5.21 Å². The average Bonchev–Trinajstić information content (AvgIpc) is 2.40. The minimum Gasteiger partial charge on any atom is -0.411 e. The van der Waals surface area contributed by atoms with Gasteiger partial charge in [-0.25, -0.2) is 0 Å². The molecule has 1 N–H and O–H groups in total. The first-order valence-electron chi connectivity index (χ1n) is 5.19. The van der Waals surface area contributed by atoms with Crippen molar-refractivity contribution in [2.24, 2.45) is 5.16 Å². The Kier molecular flexibility index (Phi) is 3.31. The van der Waals surface area contributed by atoms with Crippen LogP contribution in [0.5, 0.6) is 0 Å². The monoisotopic (exact) mass is 225 g/mol. The van der Waals surface area contributed by atoms with Crippen molar-refractivity contribution in [2.45, 2.75) is 0 Å². The third kappa shape index (κ3) is 2.39. The van der Waals surface area contributed by atoms with Gasteiger partial charge in [0.15, 0.2) is 0 Å². The molecular weight excluding hydrogens is 214 g/mol. The fraction of sp³-hybridized carbons (Fsp3) is 0. The molecule has 0 aromatic heterocycles. The molecule has 0 bridgehead atoms. The highest BCUT2D eigenvalue weighted by Crippen LogP contribution is 2.23. The molecule has 0 aliphatic heterocycles. The molecule has 84 valence electrons. The molecule has 2 aromatic carbocycles. The zero-order valence-corrected chi connectivity index (χ0v) is 9.08. The van der Waals surface area contributed by atoms with E-state index in [9.17, 15) is 4.79 Å². The normalized spacial score (nSPS) is 10.6. The summed E-state index contributed by atoms with van der Waals surface area (Å²) in [5.41, 5.74) is 2.32. The van der Waals surface area contributed by atoms with E-state index < -0.39 is 0 Å². The number of hydrogen-bond donors (Lipinski definition) is 1. The Labute approximate surface area is 99.0 Å². The molecule has 2 aromatic rings. The van der Waals surface area contributed by atoms with Crippen LogP contribution in [-0.4, -0.2) is 17.2 Å². The second-order valence-corrected chi connectivity index (χ2v) is 3.52. The van der Waals surface area contributed by atoms with E-state index in [2.05, 4.69) is 5.16 Å². The van der Waals surface area contributed by atoms with Crippen molar-refractivity contribution in [2.75, 3.05) is 0 Å². The number of rotatable bonds is 3. The van der Waals surface area contributed by atoms with Crippen molar-refractivity contribution < 1.29 is 10.0 Å². The summed E-state index contributed by atoms with van der Waals surface area (Å²) < 4.78 is 0. The Balaban J connectivity index is 2.52. The molecule has 0 fully saturated rings. The van der Waals surface area contributed by atoms with Gasteiger partial charge in [0, 0.05) is 5.56 Å². The predicted octanol–water partition coefficient (Wildman–Crippen LogP) is 3.00. The minimum absolute atomic E-state index is 0.313. The van der Waals surface area contributed by atoms with E-state index in [0.717, 1.165) is 17.3 Å². The van der Waals surface area contributed by atoms with Gasteiger partial charge in [0.25, 0.3) is 0 Å². The van der Waals surface area contributed by atoms with Crippen LogP contribution < -0.4 is 0 Å². The van der Waals surface area contributed by atoms with Gasteiger partial charge in [0.1, 0.15) is 6.21 Å². The minimum atomic E-state index is -0.313. The predicted molar refractivity (Wildman–Crippen MR) is 66.5 cm³/mol. The number of nitrogens with zero attached hydrogens (tertiary/aromatic N) is 1. The van der Waals surface area contributed by atoms with Crippen LogP contribution in [-0.2, 0) is 0 Å². The second kappa shape index (κ2) is 5.07. The molecule has 0 aliphatic carbocycles. The largest absolute Gasteiger partial charge is 0.411 e. The zero-order chi connectivity index (χ0) is 12.1. The molecule has 0 amide bonds. The number of Topliss-reactive ketones (excluding diaryl/α,β-unsaturated/α-hetero) is 1. The highest BCUT2D eigenvalue weighted by Gasteiger charge is 2.09. The molecule has 3 nitrogen and oxygen atoms in total. The average molecular weight is 225 g/mol. The van der Waals surface area contributed by atoms with E-state index in [0.29, 0.717) is 5.56 Å². The second-order valence-electron chi connectivity index (χ2n) is 3.52. The maximum Gasteiger partial charge on any atom is 0.207 e. The Morgan fingerprint density at radius 1 is 1.00 bits per heavy atom. The van der Waals surface area contributed by atoms with Gasteiger partial charge in [-0.05, 0) is 11.1 Å². The van der Waals surface area contributed by atoms with Crippen LogP contribution in [0.3, 0.4) is 0 Å². The number of oxime groups is 1. The van der Waals surface area contributed by atoms with E-state index in [1.807, 2.05) is 42.5 Å². The van der Waals surface area contributed by atoms with Crippen molar-refractivity contribution in [3.05, 3.63) is 60.2 Å². The van der Waals surface area contributed by atoms with Gasteiger partial charge in [0.05, 0.1) is 0 Å². The van der Waals surface area contributed by atoms with E-state index >= 15 is 0 Å². The molecule has 0 atom stereocenters. The number of carbonyl (C=O) groups excluding carboxylic acids is 1. The highest BCUT2D eigenvalue weighted by atomic mass is 16.4. The van der Waals surface area contributed by atoms with Crippen LogP contribution in [0.25, 0.3) is 11.1 Å². The summed E-state index contributed by atoms with van der Waals surface area (Å²) in [6.07, 6.45) is 0.905. The highest BCUT2D eigenvalue weighted by molar-refractivity contribution is 6.36. The van der Waals surface area contributed by atoms with Gasteiger partial charge in [-0.2, -0.15) is 0 Å². The van der Waals surface area contributed by atoms with Crippen LogP contribution in [0, 0.1) is 0 Å². The van der Waals surface area contributed by atoms with Crippen LogP contribution >= 0.6 is 0 Å². The fourth-order valence-electron chi connectivity index (χ4n) is 1.69. The maximum absolute atomic E-state index is 11.7. The first kappa shape index (κ1) is 11.1. The molecule has 0 radical (unpaired) electrons. The molecule has 0 aliphatic rings. The summed E-state index contributed by atoms with van der Waals surface area (Å²) in [6.45, 7) is 0. The van der Waals surface area contributed by atoms with Crippen molar-refractivity contribution in [3.8, 4) is 11.1 Å². The van der Waals surface area contributed by atoms with Gasteiger partial charge in [-0.15, -0.1) is 0 Å². The smallest absolute Gasteiger partial charge is 0.207 e. The zero-order valence-electron chi connectivity index (χ0n) is 9.08. The summed E-state index contributed by atoms with van der Waals surface area (Å²) in [5.74, 6) is -0.313. The van der Waals surface area contributed by atoms with Crippen LogP contribution in [0.4, 0.5) is 0 Å². The lowest BCUT2D eigenvalue weighted by Gasteiger charge is -2.06. The molecule has 0 saturated heterocycles. The Morgan fingerprint density at radius 2 is 1.65 bits per heavy atom. The lowest BCUT2D eigenvalue weighted by Crippen LogP contribution is -2.02. The van der Waals surface area contributed by atoms with Crippen molar-refractivity contribution in [1.29, 1.82) is 0 Å². The third-order valence-electron chi connectivity index (χ3n) is 2.45. The summed E-state index contributed by atoms with van der Waals surface area (Å²) in [6, 6.07) is 16.8. The molecule has 0 unspecified atom stereocenters. The van der Waals surface area contributed by atoms with Crippen molar-refractivity contribution in [3.63, 3.8) is 0 Å². The summed E-state index contributed by atoms with van der Waals surface area (Å²) in [7, 11) is 0. The Hall–Kier alpha value is -2.42. The van der Waals surface area contributed by atoms with Gasteiger partial charge < -0.3 is 5.21 Å². The van der Waals surface area contributed by atoms with E-state index in [1.54, 1.807) is 12.1 Å². The topological polar surface area (TPSA) is 49.7 Å². The van der Waals surface area contributed by atoms with Gasteiger partial charge in [0.2, 0.25) is 5.78 Å². The molecular formula is C14H11NO2. The lowest BCUT2D eigenvalue weighted by atomic mass is 9.97. The number of carbonyl (C=O) groups is 1. The van der Waals surface area contributed by atoms with Crippen LogP contribution in [0.1, 0.15) is 10.4 Å². The van der Waals surface area contributed by atoms with Crippen LogP contribution in [0.15, 0.2) is 59.8 Å².